The predicted molar refractivity (Wildman–Crippen MR) is 140 cm³/mol. The third kappa shape index (κ3) is 6.62. The van der Waals surface area contributed by atoms with Crippen molar-refractivity contribution in [3.63, 3.8) is 0 Å². The molecular formula is C26H31N7O2. The van der Waals surface area contributed by atoms with Crippen molar-refractivity contribution in [3.05, 3.63) is 71.3 Å². The van der Waals surface area contributed by atoms with Crippen LogP contribution in [-0.2, 0) is 15.9 Å². The quantitative estimate of drug-likeness (QED) is 0.300. The van der Waals surface area contributed by atoms with Crippen LogP contribution in [0.25, 0.3) is 5.57 Å². The molecule has 0 aliphatic heterocycles. The van der Waals surface area contributed by atoms with Crippen molar-refractivity contribution in [2.45, 2.75) is 13.3 Å². The lowest BCUT2D eigenvalue weighted by Gasteiger charge is -2.22. The highest BCUT2D eigenvalue weighted by Gasteiger charge is 2.15. The van der Waals surface area contributed by atoms with Crippen LogP contribution in [-0.4, -0.2) is 61.7 Å². The molecule has 0 unspecified atom stereocenters. The number of anilines is 4. The maximum absolute atomic E-state index is 5.28. The van der Waals surface area contributed by atoms with Crippen LogP contribution in [0.5, 0.6) is 0 Å². The molecule has 9 heteroatoms. The SMILES string of the molecule is COCCN(CCOC)c1nc(N/N=C/C2=CCc3ccccc32)nc(Nc2ccc(C)cc2)n1. The van der Waals surface area contributed by atoms with Gasteiger partial charge in [0.05, 0.1) is 19.4 Å². The van der Waals surface area contributed by atoms with E-state index in [-0.39, 0.29) is 0 Å². The molecule has 0 bridgehead atoms. The third-order valence-corrected chi connectivity index (χ3v) is 5.58. The zero-order valence-electron chi connectivity index (χ0n) is 20.4. The number of ether oxygens (including phenoxy) is 2. The van der Waals surface area contributed by atoms with Gasteiger partial charge in [0.25, 0.3) is 0 Å². The number of hydrazone groups is 1. The van der Waals surface area contributed by atoms with Crippen LogP contribution in [0.4, 0.5) is 23.5 Å². The van der Waals surface area contributed by atoms with Crippen molar-refractivity contribution in [1.82, 2.24) is 15.0 Å². The Morgan fingerprint density at radius 1 is 0.943 bits per heavy atom. The second-order valence-electron chi connectivity index (χ2n) is 8.14. The predicted octanol–water partition coefficient (Wildman–Crippen LogP) is 4.06. The Labute approximate surface area is 205 Å². The van der Waals surface area contributed by atoms with Gasteiger partial charge in [-0.05, 0) is 42.2 Å². The van der Waals surface area contributed by atoms with E-state index >= 15 is 0 Å². The highest BCUT2D eigenvalue weighted by Crippen LogP contribution is 2.25. The summed E-state index contributed by atoms with van der Waals surface area (Å²) in [7, 11) is 3.34. The van der Waals surface area contributed by atoms with Crippen molar-refractivity contribution < 1.29 is 9.47 Å². The van der Waals surface area contributed by atoms with E-state index in [0.717, 1.165) is 17.7 Å². The van der Waals surface area contributed by atoms with Gasteiger partial charge in [0, 0.05) is 33.0 Å². The number of hydrogen-bond acceptors (Lipinski definition) is 9. The zero-order valence-corrected chi connectivity index (χ0v) is 20.4. The fraction of sp³-hybridized carbons (Fsp3) is 0.308. The molecule has 0 saturated carbocycles. The molecule has 0 spiro atoms. The van der Waals surface area contributed by atoms with E-state index in [2.05, 4.69) is 55.1 Å². The maximum atomic E-state index is 5.28. The minimum atomic E-state index is 0.340. The number of rotatable bonds is 12. The highest BCUT2D eigenvalue weighted by molar-refractivity contribution is 6.11. The summed E-state index contributed by atoms with van der Waals surface area (Å²) < 4.78 is 10.6. The molecule has 4 rings (SSSR count). The first-order valence-electron chi connectivity index (χ1n) is 11.6. The van der Waals surface area contributed by atoms with Gasteiger partial charge in [-0.15, -0.1) is 0 Å². The Morgan fingerprint density at radius 2 is 1.66 bits per heavy atom. The molecule has 182 valence electrons. The number of aryl methyl sites for hydroxylation is 1. The Morgan fingerprint density at radius 3 is 2.40 bits per heavy atom. The highest BCUT2D eigenvalue weighted by atomic mass is 16.5. The van der Waals surface area contributed by atoms with Gasteiger partial charge in [0.1, 0.15) is 0 Å². The average molecular weight is 474 g/mol. The summed E-state index contributed by atoms with van der Waals surface area (Å²) in [4.78, 5) is 15.8. The number of allylic oxidation sites excluding steroid dienone is 2. The molecule has 35 heavy (non-hydrogen) atoms. The fourth-order valence-corrected chi connectivity index (χ4v) is 3.68. The van der Waals surface area contributed by atoms with E-state index in [9.17, 15) is 0 Å². The molecule has 9 nitrogen and oxygen atoms in total. The smallest absolute Gasteiger partial charge is 0.250 e. The molecule has 3 aromatic rings. The molecule has 2 aromatic carbocycles. The molecule has 1 aromatic heterocycles. The Hall–Kier alpha value is -3.82. The van der Waals surface area contributed by atoms with Crippen LogP contribution in [0.15, 0.2) is 59.7 Å². The molecular weight excluding hydrogens is 442 g/mol. The van der Waals surface area contributed by atoms with Crippen molar-refractivity contribution in [1.29, 1.82) is 0 Å². The van der Waals surface area contributed by atoms with E-state index < -0.39 is 0 Å². The lowest BCUT2D eigenvalue weighted by molar-refractivity contribution is 0.189. The van der Waals surface area contributed by atoms with Gasteiger partial charge in [-0.1, -0.05) is 48.0 Å². The molecule has 0 saturated heterocycles. The van der Waals surface area contributed by atoms with Gasteiger partial charge < -0.3 is 19.7 Å². The van der Waals surface area contributed by atoms with Crippen LogP contribution in [0, 0.1) is 6.92 Å². The molecule has 1 aliphatic carbocycles. The monoisotopic (exact) mass is 473 g/mol. The lowest BCUT2D eigenvalue weighted by Crippen LogP contribution is -2.32. The van der Waals surface area contributed by atoms with Gasteiger partial charge in [-0.3, -0.25) is 0 Å². The van der Waals surface area contributed by atoms with Gasteiger partial charge in [-0.2, -0.15) is 20.1 Å². The average Bonchev–Trinajstić information content (AvgIpc) is 3.28. The molecule has 1 aliphatic rings. The standard InChI is InChI=1S/C26H31N7O2/c1-19-8-12-22(13-9-19)28-24-29-25(31-26(30-24)33(14-16-34-2)15-17-35-3)32-27-18-21-11-10-20-6-4-5-7-23(20)21/h4-9,11-13,18H,10,14-17H2,1-3H3,(H2,28,29,30,31,32)/b27-18+. The number of nitrogens with one attached hydrogen (secondary N) is 2. The van der Waals surface area contributed by atoms with E-state index in [1.807, 2.05) is 42.2 Å². The van der Waals surface area contributed by atoms with Gasteiger partial charge in [0.2, 0.25) is 17.8 Å². The Kier molecular flexibility index (Phi) is 8.37. The number of methoxy groups -OCH3 is 2. The summed E-state index contributed by atoms with van der Waals surface area (Å²) >= 11 is 0. The number of benzene rings is 2. The number of aromatic nitrogens is 3. The van der Waals surface area contributed by atoms with Crippen LogP contribution in [0.2, 0.25) is 0 Å². The van der Waals surface area contributed by atoms with E-state index in [0.29, 0.717) is 44.1 Å². The van der Waals surface area contributed by atoms with Crippen molar-refractivity contribution >= 4 is 35.3 Å². The van der Waals surface area contributed by atoms with Gasteiger partial charge in [0.15, 0.2) is 0 Å². The van der Waals surface area contributed by atoms with Crippen LogP contribution >= 0.6 is 0 Å². The third-order valence-electron chi connectivity index (χ3n) is 5.58. The summed E-state index contributed by atoms with van der Waals surface area (Å²) in [5.74, 6) is 1.27. The molecule has 0 fully saturated rings. The molecule has 0 atom stereocenters. The maximum Gasteiger partial charge on any atom is 0.250 e. The molecule has 0 amide bonds. The van der Waals surface area contributed by atoms with Crippen LogP contribution < -0.4 is 15.6 Å². The second-order valence-corrected chi connectivity index (χ2v) is 8.14. The fourth-order valence-electron chi connectivity index (χ4n) is 3.68. The number of nitrogens with zero attached hydrogens (tertiary/aromatic N) is 5. The largest absolute Gasteiger partial charge is 0.383 e. The summed E-state index contributed by atoms with van der Waals surface area (Å²) in [5, 5.41) is 7.68. The van der Waals surface area contributed by atoms with Crippen LogP contribution in [0.3, 0.4) is 0 Å². The number of hydrogen-bond donors (Lipinski definition) is 2. The lowest BCUT2D eigenvalue weighted by atomic mass is 10.1. The first kappa shape index (κ1) is 24.3. The molecule has 2 N–H and O–H groups in total. The van der Waals surface area contributed by atoms with Gasteiger partial charge in [-0.25, -0.2) is 5.43 Å². The van der Waals surface area contributed by atoms with Crippen LogP contribution in [0.1, 0.15) is 16.7 Å². The first-order chi connectivity index (χ1) is 17.2. The number of fused-ring (bicyclic) bond motifs is 1. The van der Waals surface area contributed by atoms with Crippen molar-refractivity contribution in [2.75, 3.05) is 56.2 Å². The van der Waals surface area contributed by atoms with Crippen molar-refractivity contribution in [2.24, 2.45) is 5.10 Å². The first-order valence-corrected chi connectivity index (χ1v) is 11.6. The van der Waals surface area contributed by atoms with E-state index in [1.165, 1.54) is 16.7 Å². The minimum absolute atomic E-state index is 0.340. The van der Waals surface area contributed by atoms with E-state index in [4.69, 9.17) is 9.47 Å². The topological polar surface area (TPSA) is 96.8 Å². The minimum Gasteiger partial charge on any atom is -0.383 e. The zero-order chi connectivity index (χ0) is 24.5. The summed E-state index contributed by atoms with van der Waals surface area (Å²) in [6.45, 7) is 4.34. The Bertz CT molecular complexity index is 1170. The Balaban J connectivity index is 1.57. The van der Waals surface area contributed by atoms with Crippen molar-refractivity contribution in [3.8, 4) is 0 Å². The summed E-state index contributed by atoms with van der Waals surface area (Å²) in [6, 6.07) is 16.4. The molecule has 1 heterocycles. The summed E-state index contributed by atoms with van der Waals surface area (Å²) in [5.41, 5.74) is 8.61. The summed E-state index contributed by atoms with van der Waals surface area (Å²) in [6.07, 6.45) is 4.87. The normalized spacial score (nSPS) is 12.5. The molecule has 0 radical (unpaired) electrons. The van der Waals surface area contributed by atoms with Gasteiger partial charge >= 0.3 is 0 Å². The van der Waals surface area contributed by atoms with E-state index in [1.54, 1.807) is 20.4 Å². The second kappa shape index (κ2) is 12.0.